The van der Waals surface area contributed by atoms with E-state index < -0.39 is 0 Å². The summed E-state index contributed by atoms with van der Waals surface area (Å²) in [7, 11) is -0.249. The summed E-state index contributed by atoms with van der Waals surface area (Å²) in [5.41, 5.74) is 0. The first kappa shape index (κ1) is 8.21. The van der Waals surface area contributed by atoms with Crippen molar-refractivity contribution in [1.29, 1.82) is 0 Å². The zero-order valence-electron chi connectivity index (χ0n) is 6.33. The van der Waals surface area contributed by atoms with Crippen molar-refractivity contribution in [3.05, 3.63) is 42.7 Å². The van der Waals surface area contributed by atoms with Crippen LogP contribution in [-0.4, -0.2) is 9.52 Å². The summed E-state index contributed by atoms with van der Waals surface area (Å²) in [5.74, 6) is 0. The van der Waals surface area contributed by atoms with Crippen LogP contribution in [0.1, 0.15) is 0 Å². The molecule has 0 N–H and O–H groups in total. The lowest BCUT2D eigenvalue weighted by atomic mass is 10.4. The molecular weight excluding hydrogens is 155 g/mol. The first-order chi connectivity index (χ1) is 5.43. The van der Waals surface area contributed by atoms with Gasteiger partial charge in [0, 0.05) is 0 Å². The van der Waals surface area contributed by atoms with E-state index in [0.29, 0.717) is 6.33 Å². The highest BCUT2D eigenvalue weighted by Gasteiger charge is 1.88. The fourth-order valence-electron chi connectivity index (χ4n) is 0.958. The van der Waals surface area contributed by atoms with Crippen LogP contribution in [0.5, 0.6) is 0 Å². The molecule has 58 valence electrons. The van der Waals surface area contributed by atoms with E-state index >= 15 is 0 Å². The monoisotopic (exact) mass is 166 g/mol. The van der Waals surface area contributed by atoms with Gasteiger partial charge in [-0.2, -0.15) is 0 Å². The third kappa shape index (κ3) is 3.14. The van der Waals surface area contributed by atoms with E-state index in [4.69, 9.17) is 0 Å². The summed E-state index contributed by atoms with van der Waals surface area (Å²) in [6.45, 7) is 0. The van der Waals surface area contributed by atoms with Crippen LogP contribution in [0.25, 0.3) is 0 Å². The summed E-state index contributed by atoms with van der Waals surface area (Å²) in [5, 5.41) is 1.39. The maximum absolute atomic E-state index is 11.5. The van der Waals surface area contributed by atoms with Crippen molar-refractivity contribution in [3.8, 4) is 0 Å². The molecule has 0 aliphatic heterocycles. The van der Waals surface area contributed by atoms with Gasteiger partial charge in [-0.25, -0.2) is 4.39 Å². The molecule has 0 unspecified atom stereocenters. The highest BCUT2D eigenvalue weighted by molar-refractivity contribution is 6.53. The number of allylic oxidation sites excluding steroid dienone is 1. The lowest BCUT2D eigenvalue weighted by molar-refractivity contribution is 0.719. The molecule has 0 fully saturated rings. The number of hydrogen-bond acceptors (Lipinski definition) is 0. The van der Waals surface area contributed by atoms with Crippen molar-refractivity contribution in [2.24, 2.45) is 0 Å². The number of rotatable bonds is 3. The summed E-state index contributed by atoms with van der Waals surface area (Å²) >= 11 is 0. The Morgan fingerprint density at radius 1 is 1.27 bits per heavy atom. The Balaban J connectivity index is 2.39. The quantitative estimate of drug-likeness (QED) is 0.595. The molecule has 0 atom stereocenters. The van der Waals surface area contributed by atoms with Crippen LogP contribution in [-0.2, 0) is 0 Å². The van der Waals surface area contributed by atoms with E-state index in [1.807, 2.05) is 18.2 Å². The molecule has 0 nitrogen and oxygen atoms in total. The average Bonchev–Trinajstić information content (AvgIpc) is 2.07. The maximum Gasteiger partial charge on any atom is 0.0824 e. The molecule has 0 saturated carbocycles. The molecule has 2 heteroatoms. The molecule has 0 heterocycles. The van der Waals surface area contributed by atoms with Gasteiger partial charge in [0.1, 0.15) is 0 Å². The van der Waals surface area contributed by atoms with Gasteiger partial charge in [0.15, 0.2) is 0 Å². The first-order valence-corrected chi connectivity index (χ1v) is 5.43. The van der Waals surface area contributed by atoms with Crippen molar-refractivity contribution in [2.45, 2.75) is 6.04 Å². The fourth-order valence-corrected chi connectivity index (χ4v) is 2.19. The van der Waals surface area contributed by atoms with Crippen molar-refractivity contribution in [3.63, 3.8) is 0 Å². The zero-order chi connectivity index (χ0) is 7.94. The summed E-state index contributed by atoms with van der Waals surface area (Å²) in [6.07, 6.45) is 2.23. The van der Waals surface area contributed by atoms with Gasteiger partial charge in [-0.3, -0.25) is 0 Å². The fraction of sp³-hybridized carbons (Fsp3) is 0.111. The van der Waals surface area contributed by atoms with Crippen LogP contribution < -0.4 is 5.19 Å². The molecule has 0 spiro atoms. The Labute approximate surface area is 68.6 Å². The van der Waals surface area contributed by atoms with Crippen molar-refractivity contribution < 1.29 is 4.39 Å². The summed E-state index contributed by atoms with van der Waals surface area (Å²) < 4.78 is 11.5. The summed E-state index contributed by atoms with van der Waals surface area (Å²) in [6, 6.07) is 11.2. The van der Waals surface area contributed by atoms with Gasteiger partial charge >= 0.3 is 0 Å². The Morgan fingerprint density at radius 2 is 2.00 bits per heavy atom. The van der Waals surface area contributed by atoms with Crippen molar-refractivity contribution >= 4 is 14.7 Å². The van der Waals surface area contributed by atoms with Crippen molar-refractivity contribution in [2.75, 3.05) is 0 Å². The van der Waals surface area contributed by atoms with Crippen LogP contribution in [0.15, 0.2) is 42.7 Å². The highest BCUT2D eigenvalue weighted by Crippen LogP contribution is 1.86. The lowest BCUT2D eigenvalue weighted by Gasteiger charge is -1.93. The molecule has 1 aromatic rings. The largest absolute Gasteiger partial charge is 0.216 e. The predicted octanol–water partition coefficient (Wildman–Crippen LogP) is 1.38. The SMILES string of the molecule is FC=CC[SiH2]c1ccccc1. The molecule has 0 bridgehead atoms. The Morgan fingerprint density at radius 3 is 2.64 bits per heavy atom. The molecule has 0 radical (unpaired) electrons. The molecule has 0 saturated heterocycles. The number of halogens is 1. The molecular formula is C9H11FSi. The Kier molecular flexibility index (Phi) is 3.62. The molecule has 0 aliphatic rings. The van der Waals surface area contributed by atoms with Gasteiger partial charge in [-0.15, -0.1) is 0 Å². The van der Waals surface area contributed by atoms with E-state index in [2.05, 4.69) is 12.1 Å². The Bertz CT molecular complexity index is 218. The third-order valence-electron chi connectivity index (χ3n) is 1.53. The third-order valence-corrected chi connectivity index (χ3v) is 3.20. The molecule has 1 aromatic carbocycles. The smallest absolute Gasteiger partial charge is 0.0824 e. The minimum atomic E-state index is -0.249. The van der Waals surface area contributed by atoms with Gasteiger partial charge < -0.3 is 0 Å². The van der Waals surface area contributed by atoms with Crippen LogP contribution in [0.2, 0.25) is 6.04 Å². The topological polar surface area (TPSA) is 0 Å². The minimum Gasteiger partial charge on any atom is -0.216 e. The average molecular weight is 166 g/mol. The van der Waals surface area contributed by atoms with E-state index in [9.17, 15) is 4.39 Å². The van der Waals surface area contributed by atoms with Crippen LogP contribution in [0, 0.1) is 0 Å². The van der Waals surface area contributed by atoms with E-state index in [1.165, 1.54) is 5.19 Å². The summed E-state index contributed by atoms with van der Waals surface area (Å²) in [4.78, 5) is 0. The first-order valence-electron chi connectivity index (χ1n) is 3.72. The van der Waals surface area contributed by atoms with Gasteiger partial charge in [-0.1, -0.05) is 41.6 Å². The number of hydrogen-bond donors (Lipinski definition) is 0. The van der Waals surface area contributed by atoms with Gasteiger partial charge in [0.2, 0.25) is 0 Å². The second-order valence-corrected chi connectivity index (χ2v) is 4.28. The van der Waals surface area contributed by atoms with E-state index in [-0.39, 0.29) is 9.52 Å². The second kappa shape index (κ2) is 4.85. The van der Waals surface area contributed by atoms with E-state index in [1.54, 1.807) is 6.08 Å². The minimum absolute atomic E-state index is 0.249. The number of benzene rings is 1. The molecule has 0 amide bonds. The standard InChI is InChI=1S/C9H11FSi/c10-7-4-8-11-9-5-2-1-3-6-9/h1-7H,8,11H2. The lowest BCUT2D eigenvalue weighted by Crippen LogP contribution is -2.11. The highest BCUT2D eigenvalue weighted by atomic mass is 28.2. The molecule has 1 rings (SSSR count). The Hall–Kier alpha value is -0.893. The van der Waals surface area contributed by atoms with E-state index in [0.717, 1.165) is 6.04 Å². The van der Waals surface area contributed by atoms with Gasteiger partial charge in [-0.05, 0) is 6.04 Å². The van der Waals surface area contributed by atoms with Crippen LogP contribution >= 0.6 is 0 Å². The van der Waals surface area contributed by atoms with Crippen LogP contribution in [0.3, 0.4) is 0 Å². The predicted molar refractivity (Wildman–Crippen MR) is 49.7 cm³/mol. The molecule has 0 aliphatic carbocycles. The van der Waals surface area contributed by atoms with Crippen LogP contribution in [0.4, 0.5) is 4.39 Å². The molecule has 11 heavy (non-hydrogen) atoms. The van der Waals surface area contributed by atoms with Crippen molar-refractivity contribution in [1.82, 2.24) is 0 Å². The second-order valence-electron chi connectivity index (χ2n) is 2.39. The normalized spacial score (nSPS) is 11.7. The maximum atomic E-state index is 11.5. The van der Waals surface area contributed by atoms with Gasteiger partial charge in [0.25, 0.3) is 0 Å². The van der Waals surface area contributed by atoms with Gasteiger partial charge in [0.05, 0.1) is 15.8 Å². The molecule has 0 aromatic heterocycles. The zero-order valence-corrected chi connectivity index (χ0v) is 7.75.